The summed E-state index contributed by atoms with van der Waals surface area (Å²) < 4.78 is 0. The summed E-state index contributed by atoms with van der Waals surface area (Å²) in [6, 6.07) is 55.5. The van der Waals surface area contributed by atoms with Crippen molar-refractivity contribution in [2.24, 2.45) is 0 Å². The van der Waals surface area contributed by atoms with E-state index in [2.05, 4.69) is 215 Å². The maximum atomic E-state index is 4.91. The fraction of sp³-hybridized carbons (Fsp3) is 0.237. The minimum absolute atomic E-state index is 0.0911. The van der Waals surface area contributed by atoms with Gasteiger partial charge in [0.15, 0.2) is 0 Å². The van der Waals surface area contributed by atoms with Crippen LogP contribution in [-0.4, -0.2) is 4.98 Å². The molecule has 0 aliphatic heterocycles. The monoisotopic (exact) mass is 777 g/mol. The lowest BCUT2D eigenvalue weighted by molar-refractivity contribution is 0.584. The van der Waals surface area contributed by atoms with Crippen LogP contribution in [0.15, 0.2) is 152 Å². The molecule has 0 amide bonds. The van der Waals surface area contributed by atoms with Crippen molar-refractivity contribution in [1.82, 2.24) is 4.98 Å². The highest BCUT2D eigenvalue weighted by Gasteiger charge is 2.38. The number of aromatic nitrogens is 1. The van der Waals surface area contributed by atoms with Crippen molar-refractivity contribution in [3.63, 3.8) is 0 Å². The highest BCUT2D eigenvalue weighted by Crippen LogP contribution is 2.53. The Kier molecular flexibility index (Phi) is 8.41. The third-order valence-electron chi connectivity index (χ3n) is 13.8. The van der Waals surface area contributed by atoms with E-state index in [4.69, 9.17) is 4.98 Å². The van der Waals surface area contributed by atoms with Gasteiger partial charge in [-0.3, -0.25) is 4.98 Å². The van der Waals surface area contributed by atoms with Crippen molar-refractivity contribution < 1.29 is 0 Å². The zero-order valence-corrected chi connectivity index (χ0v) is 36.9. The van der Waals surface area contributed by atoms with Crippen LogP contribution in [0.5, 0.6) is 0 Å². The average Bonchev–Trinajstić information content (AvgIpc) is 3.60. The molecule has 0 bridgehead atoms. The van der Waals surface area contributed by atoms with Gasteiger partial charge >= 0.3 is 0 Å². The second kappa shape index (κ2) is 13.2. The van der Waals surface area contributed by atoms with Crippen LogP contribution < -0.4 is 0 Å². The third kappa shape index (κ3) is 6.08. The van der Waals surface area contributed by atoms with Crippen LogP contribution in [0, 0.1) is 0 Å². The van der Waals surface area contributed by atoms with E-state index in [9.17, 15) is 0 Å². The lowest BCUT2D eigenvalue weighted by atomic mass is 9.78. The van der Waals surface area contributed by atoms with E-state index in [0.29, 0.717) is 0 Å². The summed E-state index contributed by atoms with van der Waals surface area (Å²) >= 11 is 0. The molecule has 0 atom stereocenters. The molecular formula is C59H55N. The lowest BCUT2D eigenvalue weighted by Crippen LogP contribution is -2.17. The number of pyridine rings is 1. The minimum atomic E-state index is -0.115. The molecule has 2 aliphatic carbocycles. The van der Waals surface area contributed by atoms with Gasteiger partial charge in [-0.25, -0.2) is 0 Å². The van der Waals surface area contributed by atoms with E-state index in [1.807, 2.05) is 6.20 Å². The fourth-order valence-corrected chi connectivity index (χ4v) is 10.1. The molecule has 0 saturated heterocycles. The van der Waals surface area contributed by atoms with Crippen LogP contribution in [0.3, 0.4) is 0 Å². The maximum absolute atomic E-state index is 4.91. The summed E-state index contributed by atoms with van der Waals surface area (Å²) in [5.74, 6) is 0. The fourth-order valence-electron chi connectivity index (χ4n) is 10.1. The Hall–Kier alpha value is -6.05. The van der Waals surface area contributed by atoms with Crippen LogP contribution in [-0.2, 0) is 21.7 Å². The van der Waals surface area contributed by atoms with Gasteiger partial charge in [0.25, 0.3) is 0 Å². The molecule has 1 heterocycles. The first kappa shape index (κ1) is 38.2. The molecule has 0 fully saturated rings. The van der Waals surface area contributed by atoms with Crippen LogP contribution in [0.2, 0.25) is 0 Å². The molecule has 0 radical (unpaired) electrons. The normalized spacial score (nSPS) is 14.8. The number of rotatable bonds is 4. The zero-order chi connectivity index (χ0) is 41.9. The van der Waals surface area contributed by atoms with Crippen molar-refractivity contribution in [2.45, 2.75) is 90.9 Å². The summed E-state index contributed by atoms with van der Waals surface area (Å²) in [6.45, 7) is 23.5. The van der Waals surface area contributed by atoms with E-state index in [-0.39, 0.29) is 21.7 Å². The van der Waals surface area contributed by atoms with E-state index in [1.165, 1.54) is 99.8 Å². The third-order valence-corrected chi connectivity index (χ3v) is 13.8. The first-order chi connectivity index (χ1) is 28.5. The predicted octanol–water partition coefficient (Wildman–Crippen LogP) is 16.1. The first-order valence-electron chi connectivity index (χ1n) is 21.7. The predicted molar refractivity (Wildman–Crippen MR) is 256 cm³/mol. The Bertz CT molecular complexity index is 2900. The molecule has 8 aromatic rings. The molecule has 2 aliphatic rings. The number of fused-ring (bicyclic) bond motifs is 7. The van der Waals surface area contributed by atoms with Crippen molar-refractivity contribution in [2.75, 3.05) is 0 Å². The summed E-state index contributed by atoms with van der Waals surface area (Å²) in [5.41, 5.74) is 23.2. The quantitative estimate of drug-likeness (QED) is 0.173. The summed E-state index contributed by atoms with van der Waals surface area (Å²) in [7, 11) is 0. The molecule has 0 unspecified atom stereocenters. The zero-order valence-electron chi connectivity index (χ0n) is 36.9. The van der Waals surface area contributed by atoms with Gasteiger partial charge in [0, 0.05) is 28.0 Å². The smallest absolute Gasteiger partial charge is 0.0780 e. The second-order valence-corrected chi connectivity index (χ2v) is 20.6. The lowest BCUT2D eigenvalue weighted by Gasteiger charge is -2.25. The highest BCUT2D eigenvalue weighted by molar-refractivity contribution is 5.95. The molecule has 10 rings (SSSR count). The first-order valence-corrected chi connectivity index (χ1v) is 21.7. The largest absolute Gasteiger partial charge is 0.256 e. The van der Waals surface area contributed by atoms with Gasteiger partial charge in [-0.05, 0) is 148 Å². The second-order valence-electron chi connectivity index (χ2n) is 20.6. The van der Waals surface area contributed by atoms with Crippen LogP contribution in [0.25, 0.3) is 77.7 Å². The SMILES string of the molecule is CC(C)(C)c1ccc2c(c1)C(C)(C)c1cc(-c3cc(-c4cccc(-c5nccc6ccccc56)c4)cc(-c4ccc5c(c4)C(C)(C)c4cc(C(C)(C)C)ccc4-5)c3)ccc1-2. The van der Waals surface area contributed by atoms with E-state index >= 15 is 0 Å². The number of hydrogen-bond acceptors (Lipinski definition) is 1. The minimum Gasteiger partial charge on any atom is -0.256 e. The molecule has 0 N–H and O–H groups in total. The molecular weight excluding hydrogens is 723 g/mol. The van der Waals surface area contributed by atoms with Gasteiger partial charge in [-0.2, -0.15) is 0 Å². The van der Waals surface area contributed by atoms with Gasteiger partial charge < -0.3 is 0 Å². The topological polar surface area (TPSA) is 12.9 Å². The van der Waals surface area contributed by atoms with E-state index in [1.54, 1.807) is 0 Å². The van der Waals surface area contributed by atoms with Gasteiger partial charge in [0.05, 0.1) is 5.69 Å². The maximum Gasteiger partial charge on any atom is 0.0780 e. The van der Waals surface area contributed by atoms with Crippen molar-refractivity contribution >= 4 is 10.8 Å². The Morgan fingerprint density at radius 3 is 1.28 bits per heavy atom. The standard InChI is InChI=1S/C59H55N/c1-56(2,3)44-20-24-49-47-22-18-38(32-51(47)58(7,8)53(49)34-44)42-29-41(37-15-13-16-40(28-37)55-46-17-12-11-14-36(46)26-27-60-55)30-43(31-42)39-19-23-48-50-25-21-45(57(4,5)6)35-54(50)59(9,10)52(48)33-39/h11-35H,1-10H3. The summed E-state index contributed by atoms with van der Waals surface area (Å²) in [4.78, 5) is 4.91. The highest BCUT2D eigenvalue weighted by atomic mass is 14.7. The summed E-state index contributed by atoms with van der Waals surface area (Å²) in [6.07, 6.45) is 1.93. The van der Waals surface area contributed by atoms with Crippen molar-refractivity contribution in [3.05, 3.63) is 185 Å². The molecule has 0 spiro atoms. The van der Waals surface area contributed by atoms with Gasteiger partial charge in [0.1, 0.15) is 0 Å². The van der Waals surface area contributed by atoms with Crippen molar-refractivity contribution in [3.8, 4) is 66.9 Å². The number of benzene rings is 7. The molecule has 60 heavy (non-hydrogen) atoms. The Balaban J connectivity index is 1.13. The van der Waals surface area contributed by atoms with E-state index < -0.39 is 0 Å². The molecule has 296 valence electrons. The average molecular weight is 778 g/mol. The van der Waals surface area contributed by atoms with E-state index in [0.717, 1.165) is 11.3 Å². The molecule has 7 aromatic carbocycles. The Morgan fingerprint density at radius 1 is 0.367 bits per heavy atom. The van der Waals surface area contributed by atoms with Gasteiger partial charge in [-0.15, -0.1) is 0 Å². The van der Waals surface area contributed by atoms with Crippen molar-refractivity contribution in [1.29, 1.82) is 0 Å². The Labute approximate surface area is 357 Å². The van der Waals surface area contributed by atoms with Crippen LogP contribution in [0.1, 0.15) is 103 Å². The Morgan fingerprint density at radius 2 is 0.783 bits per heavy atom. The molecule has 0 saturated carbocycles. The molecule has 1 aromatic heterocycles. The summed E-state index contributed by atoms with van der Waals surface area (Å²) in [5, 5.41) is 2.36. The molecule has 1 nitrogen and oxygen atoms in total. The number of nitrogens with zero attached hydrogens (tertiary/aromatic N) is 1. The van der Waals surface area contributed by atoms with Gasteiger partial charge in [-0.1, -0.05) is 172 Å². The van der Waals surface area contributed by atoms with Crippen LogP contribution in [0.4, 0.5) is 0 Å². The van der Waals surface area contributed by atoms with Gasteiger partial charge in [0.2, 0.25) is 0 Å². The van der Waals surface area contributed by atoms with Crippen LogP contribution >= 0.6 is 0 Å². The number of hydrogen-bond donors (Lipinski definition) is 0. The molecule has 1 heteroatoms.